The van der Waals surface area contributed by atoms with Crippen molar-refractivity contribution >= 4 is 17.3 Å². The molecule has 18 heavy (non-hydrogen) atoms. The summed E-state index contributed by atoms with van der Waals surface area (Å²) in [5.74, 6) is 0.662. The van der Waals surface area contributed by atoms with Gasteiger partial charge < -0.3 is 16.0 Å². The van der Waals surface area contributed by atoms with E-state index in [2.05, 4.69) is 19.2 Å². The average molecular weight is 249 g/mol. The van der Waals surface area contributed by atoms with Crippen LogP contribution in [0, 0.1) is 5.92 Å². The Kier molecular flexibility index (Phi) is 5.49. The van der Waals surface area contributed by atoms with Crippen molar-refractivity contribution in [2.75, 3.05) is 30.8 Å². The minimum absolute atomic E-state index is 0.0509. The van der Waals surface area contributed by atoms with E-state index in [-0.39, 0.29) is 5.91 Å². The fourth-order valence-electron chi connectivity index (χ4n) is 1.59. The second-order valence-corrected chi connectivity index (χ2v) is 4.98. The molecule has 1 aromatic rings. The quantitative estimate of drug-likeness (QED) is 0.757. The number of nitrogens with zero attached hydrogens (tertiary/aromatic N) is 1. The van der Waals surface area contributed by atoms with Crippen LogP contribution in [0.5, 0.6) is 0 Å². The molecule has 0 heterocycles. The van der Waals surface area contributed by atoms with Gasteiger partial charge in [0.1, 0.15) is 0 Å². The minimum Gasteiger partial charge on any atom is -0.399 e. The van der Waals surface area contributed by atoms with Crippen molar-refractivity contribution < 1.29 is 4.79 Å². The van der Waals surface area contributed by atoms with Crippen LogP contribution in [0.3, 0.4) is 0 Å². The fraction of sp³-hybridized carbons (Fsp3) is 0.500. The molecule has 0 aromatic heterocycles. The van der Waals surface area contributed by atoms with E-state index in [4.69, 9.17) is 5.73 Å². The molecule has 4 nitrogen and oxygen atoms in total. The van der Waals surface area contributed by atoms with Gasteiger partial charge in [-0.15, -0.1) is 0 Å². The lowest BCUT2D eigenvalue weighted by Crippen LogP contribution is -2.35. The number of hydrogen-bond acceptors (Lipinski definition) is 3. The maximum atomic E-state index is 11.7. The van der Waals surface area contributed by atoms with Crippen LogP contribution in [0.4, 0.5) is 11.4 Å². The highest BCUT2D eigenvalue weighted by Crippen LogP contribution is 2.14. The number of likely N-dealkylation sites (N-methyl/N-ethyl adjacent to an activating group) is 1. The number of carbonyl (C=O) groups excluding carboxylic acids is 1. The van der Waals surface area contributed by atoms with Crippen molar-refractivity contribution in [3.63, 3.8) is 0 Å². The van der Waals surface area contributed by atoms with Gasteiger partial charge in [-0.05, 0) is 36.6 Å². The lowest BCUT2D eigenvalue weighted by Gasteiger charge is -2.19. The molecule has 0 saturated carbocycles. The van der Waals surface area contributed by atoms with Crippen LogP contribution in [0.15, 0.2) is 24.3 Å². The van der Waals surface area contributed by atoms with Crippen LogP contribution in [0.2, 0.25) is 0 Å². The largest absolute Gasteiger partial charge is 0.399 e. The molecule has 1 aromatic carbocycles. The number of amides is 1. The van der Waals surface area contributed by atoms with E-state index in [0.717, 1.165) is 24.3 Å². The summed E-state index contributed by atoms with van der Waals surface area (Å²) in [6, 6.07) is 7.50. The molecule has 0 bridgehead atoms. The van der Waals surface area contributed by atoms with Crippen molar-refractivity contribution in [1.82, 2.24) is 5.32 Å². The van der Waals surface area contributed by atoms with E-state index < -0.39 is 0 Å². The van der Waals surface area contributed by atoms with Gasteiger partial charge in [0.05, 0.1) is 6.54 Å². The Morgan fingerprint density at radius 1 is 1.33 bits per heavy atom. The Labute approximate surface area is 109 Å². The number of nitrogen functional groups attached to an aromatic ring is 1. The normalized spacial score (nSPS) is 10.4. The third kappa shape index (κ3) is 5.08. The SMILES string of the molecule is CC(C)CCNC(=O)CN(C)c1ccc(N)cc1. The number of rotatable bonds is 6. The predicted octanol–water partition coefficient (Wildman–Crippen LogP) is 1.87. The molecule has 0 aliphatic heterocycles. The molecular formula is C14H23N3O. The topological polar surface area (TPSA) is 58.4 Å². The number of carbonyl (C=O) groups is 1. The van der Waals surface area contributed by atoms with Crippen LogP contribution < -0.4 is 16.0 Å². The smallest absolute Gasteiger partial charge is 0.239 e. The minimum atomic E-state index is 0.0509. The highest BCUT2D eigenvalue weighted by molar-refractivity contribution is 5.81. The van der Waals surface area contributed by atoms with Crippen molar-refractivity contribution in [3.05, 3.63) is 24.3 Å². The molecule has 0 saturated heterocycles. The zero-order valence-electron chi connectivity index (χ0n) is 11.4. The van der Waals surface area contributed by atoms with Gasteiger partial charge in [-0.1, -0.05) is 13.8 Å². The number of benzene rings is 1. The molecule has 0 unspecified atom stereocenters. The monoisotopic (exact) mass is 249 g/mol. The second-order valence-electron chi connectivity index (χ2n) is 4.98. The first-order valence-electron chi connectivity index (χ1n) is 6.32. The van der Waals surface area contributed by atoms with Gasteiger partial charge in [-0.2, -0.15) is 0 Å². The van der Waals surface area contributed by atoms with Crippen molar-refractivity contribution in [3.8, 4) is 0 Å². The highest BCUT2D eigenvalue weighted by atomic mass is 16.2. The standard InChI is InChI=1S/C14H23N3O/c1-11(2)8-9-16-14(18)10-17(3)13-6-4-12(15)5-7-13/h4-7,11H,8-10,15H2,1-3H3,(H,16,18). The Morgan fingerprint density at radius 3 is 2.50 bits per heavy atom. The van der Waals surface area contributed by atoms with E-state index in [1.54, 1.807) is 0 Å². The highest BCUT2D eigenvalue weighted by Gasteiger charge is 2.07. The van der Waals surface area contributed by atoms with Crippen LogP contribution >= 0.6 is 0 Å². The van der Waals surface area contributed by atoms with Gasteiger partial charge in [0.15, 0.2) is 0 Å². The van der Waals surface area contributed by atoms with Gasteiger partial charge in [-0.25, -0.2) is 0 Å². The zero-order chi connectivity index (χ0) is 13.5. The van der Waals surface area contributed by atoms with Gasteiger partial charge >= 0.3 is 0 Å². The van der Waals surface area contributed by atoms with Crippen LogP contribution in [0.1, 0.15) is 20.3 Å². The number of nitrogens with two attached hydrogens (primary N) is 1. The maximum Gasteiger partial charge on any atom is 0.239 e. The van der Waals surface area contributed by atoms with Crippen molar-refractivity contribution in [2.24, 2.45) is 5.92 Å². The fourth-order valence-corrected chi connectivity index (χ4v) is 1.59. The molecule has 0 spiro atoms. The number of nitrogens with one attached hydrogen (secondary N) is 1. The first kappa shape index (κ1) is 14.4. The van der Waals surface area contributed by atoms with Gasteiger partial charge in [0.2, 0.25) is 5.91 Å². The van der Waals surface area contributed by atoms with Crippen molar-refractivity contribution in [1.29, 1.82) is 0 Å². The molecule has 1 amide bonds. The van der Waals surface area contributed by atoms with Gasteiger partial charge in [0, 0.05) is 25.0 Å². The Hall–Kier alpha value is -1.71. The van der Waals surface area contributed by atoms with Crippen LogP contribution in [-0.2, 0) is 4.79 Å². The Morgan fingerprint density at radius 2 is 1.94 bits per heavy atom. The lowest BCUT2D eigenvalue weighted by atomic mass is 10.1. The van der Waals surface area contributed by atoms with Crippen LogP contribution in [0.25, 0.3) is 0 Å². The van der Waals surface area contributed by atoms with E-state index in [0.29, 0.717) is 12.5 Å². The van der Waals surface area contributed by atoms with Crippen molar-refractivity contribution in [2.45, 2.75) is 20.3 Å². The zero-order valence-corrected chi connectivity index (χ0v) is 11.4. The molecule has 0 fully saturated rings. The summed E-state index contributed by atoms with van der Waals surface area (Å²) in [5.41, 5.74) is 7.34. The van der Waals surface area contributed by atoms with E-state index >= 15 is 0 Å². The van der Waals surface area contributed by atoms with Gasteiger partial charge in [-0.3, -0.25) is 4.79 Å². The van der Waals surface area contributed by atoms with Crippen LogP contribution in [-0.4, -0.2) is 26.0 Å². The molecule has 1 rings (SSSR count). The molecule has 0 radical (unpaired) electrons. The Bertz CT molecular complexity index is 373. The molecule has 0 aliphatic carbocycles. The molecule has 100 valence electrons. The number of anilines is 2. The second kappa shape index (κ2) is 6.89. The summed E-state index contributed by atoms with van der Waals surface area (Å²) >= 11 is 0. The summed E-state index contributed by atoms with van der Waals surface area (Å²) in [5, 5.41) is 2.92. The summed E-state index contributed by atoms with van der Waals surface area (Å²) in [7, 11) is 1.90. The third-order valence-corrected chi connectivity index (χ3v) is 2.76. The molecule has 4 heteroatoms. The molecule has 3 N–H and O–H groups in total. The lowest BCUT2D eigenvalue weighted by molar-refractivity contribution is -0.119. The van der Waals surface area contributed by atoms with Gasteiger partial charge in [0.25, 0.3) is 0 Å². The first-order chi connectivity index (χ1) is 8.49. The maximum absolute atomic E-state index is 11.7. The first-order valence-corrected chi connectivity index (χ1v) is 6.32. The molecule has 0 aliphatic rings. The molecular weight excluding hydrogens is 226 g/mol. The predicted molar refractivity (Wildman–Crippen MR) is 76.6 cm³/mol. The van der Waals surface area contributed by atoms with E-state index in [1.807, 2.05) is 36.2 Å². The van der Waals surface area contributed by atoms with E-state index in [9.17, 15) is 4.79 Å². The third-order valence-electron chi connectivity index (χ3n) is 2.76. The average Bonchev–Trinajstić information content (AvgIpc) is 2.29. The summed E-state index contributed by atoms with van der Waals surface area (Å²) in [6.07, 6.45) is 1.01. The summed E-state index contributed by atoms with van der Waals surface area (Å²) in [6.45, 7) is 5.40. The molecule has 0 atom stereocenters. The number of hydrogen-bond donors (Lipinski definition) is 2. The Balaban J connectivity index is 2.37. The van der Waals surface area contributed by atoms with E-state index in [1.165, 1.54) is 0 Å². The summed E-state index contributed by atoms with van der Waals surface area (Å²) < 4.78 is 0. The summed E-state index contributed by atoms with van der Waals surface area (Å²) in [4.78, 5) is 13.6.